The first-order valence-corrected chi connectivity index (χ1v) is 7.97. The zero-order valence-corrected chi connectivity index (χ0v) is 13.1. The summed E-state index contributed by atoms with van der Waals surface area (Å²) in [4.78, 5) is 4.19. The van der Waals surface area contributed by atoms with Gasteiger partial charge in [0.2, 0.25) is 10.0 Å². The fraction of sp³-hybridized carbons (Fsp3) is 0.385. The van der Waals surface area contributed by atoms with Crippen LogP contribution in [0.3, 0.4) is 0 Å². The van der Waals surface area contributed by atoms with Gasteiger partial charge in [0.15, 0.2) is 0 Å². The van der Waals surface area contributed by atoms with Gasteiger partial charge < -0.3 is 5.32 Å². The van der Waals surface area contributed by atoms with Crippen LogP contribution in [-0.4, -0.2) is 42.0 Å². The predicted octanol–water partition coefficient (Wildman–Crippen LogP) is 0.906. The molecule has 1 unspecified atom stereocenters. The topological polar surface area (TPSA) is 91.0 Å². The molecule has 0 radical (unpaired) electrons. The van der Waals surface area contributed by atoms with E-state index in [-0.39, 0.29) is 17.5 Å². The molecule has 0 fully saturated rings. The maximum Gasteiger partial charge on any atom is 0.243 e. The first-order valence-electron chi connectivity index (χ1n) is 6.53. The quantitative estimate of drug-likeness (QED) is 0.827. The lowest BCUT2D eigenvalue weighted by Crippen LogP contribution is -2.27. The second-order valence-electron chi connectivity index (χ2n) is 4.77. The maximum absolute atomic E-state index is 12.5. The summed E-state index contributed by atoms with van der Waals surface area (Å²) in [6.45, 7) is 2.16. The first kappa shape index (κ1) is 15.6. The molecule has 0 aliphatic carbocycles. The zero-order chi connectivity index (χ0) is 15.5. The van der Waals surface area contributed by atoms with E-state index in [1.54, 1.807) is 12.1 Å². The van der Waals surface area contributed by atoms with Gasteiger partial charge in [0.05, 0.1) is 11.4 Å². The summed E-state index contributed by atoms with van der Waals surface area (Å²) in [7, 11) is -0.162. The summed E-state index contributed by atoms with van der Waals surface area (Å²) in [5, 5.41) is 9.47. The summed E-state index contributed by atoms with van der Waals surface area (Å²) in [5.41, 5.74) is 1.04. The number of H-pyrrole nitrogens is 1. The molecule has 1 heterocycles. The van der Waals surface area contributed by atoms with Crippen molar-refractivity contribution in [2.75, 3.05) is 14.1 Å². The molecule has 2 rings (SSSR count). The van der Waals surface area contributed by atoms with E-state index in [9.17, 15) is 8.42 Å². The van der Waals surface area contributed by atoms with Gasteiger partial charge >= 0.3 is 0 Å². The minimum Gasteiger partial charge on any atom is -0.313 e. The Morgan fingerprint density at radius 1 is 1.33 bits per heavy atom. The van der Waals surface area contributed by atoms with Crippen LogP contribution in [-0.2, 0) is 16.6 Å². The van der Waals surface area contributed by atoms with Crippen LogP contribution in [0.25, 0.3) is 0 Å². The van der Waals surface area contributed by atoms with Gasteiger partial charge in [-0.15, -0.1) is 0 Å². The van der Waals surface area contributed by atoms with Gasteiger partial charge in [0, 0.05) is 13.1 Å². The van der Waals surface area contributed by atoms with Crippen molar-refractivity contribution in [3.8, 4) is 0 Å². The van der Waals surface area contributed by atoms with Crippen molar-refractivity contribution in [1.82, 2.24) is 24.8 Å². The predicted molar refractivity (Wildman–Crippen MR) is 79.0 cm³/mol. The molecule has 1 atom stereocenters. The number of hydrogen-bond acceptors (Lipinski definition) is 5. The largest absolute Gasteiger partial charge is 0.313 e. The van der Waals surface area contributed by atoms with E-state index in [2.05, 4.69) is 20.5 Å². The van der Waals surface area contributed by atoms with Crippen molar-refractivity contribution in [3.05, 3.63) is 42.0 Å². The molecular formula is C13H19N5O2S. The Kier molecular flexibility index (Phi) is 4.71. The van der Waals surface area contributed by atoms with Gasteiger partial charge in [0.25, 0.3) is 0 Å². The number of rotatable bonds is 6. The molecule has 114 valence electrons. The molecule has 0 spiro atoms. The van der Waals surface area contributed by atoms with Crippen molar-refractivity contribution in [2.24, 2.45) is 0 Å². The SMILES string of the molecule is CNC(C)c1ccc(S(=O)(=O)N(C)Cc2ncn[nH]2)cc1. The summed E-state index contributed by atoms with van der Waals surface area (Å²) in [6.07, 6.45) is 1.35. The minimum atomic E-state index is -3.54. The van der Waals surface area contributed by atoms with E-state index in [1.807, 2.05) is 26.1 Å². The highest BCUT2D eigenvalue weighted by molar-refractivity contribution is 7.89. The lowest BCUT2D eigenvalue weighted by Gasteiger charge is -2.17. The highest BCUT2D eigenvalue weighted by Crippen LogP contribution is 2.19. The molecule has 2 N–H and O–H groups in total. The average molecular weight is 309 g/mol. The van der Waals surface area contributed by atoms with Crippen molar-refractivity contribution >= 4 is 10.0 Å². The van der Waals surface area contributed by atoms with Gasteiger partial charge in [0.1, 0.15) is 12.2 Å². The van der Waals surface area contributed by atoms with E-state index in [0.717, 1.165) is 5.56 Å². The van der Waals surface area contributed by atoms with Gasteiger partial charge in [-0.3, -0.25) is 5.10 Å². The van der Waals surface area contributed by atoms with Crippen LogP contribution >= 0.6 is 0 Å². The van der Waals surface area contributed by atoms with E-state index >= 15 is 0 Å². The van der Waals surface area contributed by atoms with Crippen LogP contribution in [0.4, 0.5) is 0 Å². The summed E-state index contributed by atoms with van der Waals surface area (Å²) >= 11 is 0. The Morgan fingerprint density at radius 3 is 2.52 bits per heavy atom. The summed E-state index contributed by atoms with van der Waals surface area (Å²) < 4.78 is 26.2. The minimum absolute atomic E-state index is 0.150. The number of hydrogen-bond donors (Lipinski definition) is 2. The monoisotopic (exact) mass is 309 g/mol. The van der Waals surface area contributed by atoms with Gasteiger partial charge in [-0.25, -0.2) is 13.4 Å². The van der Waals surface area contributed by atoms with E-state index in [1.165, 1.54) is 17.7 Å². The molecule has 0 aliphatic rings. The van der Waals surface area contributed by atoms with Crippen molar-refractivity contribution in [1.29, 1.82) is 0 Å². The van der Waals surface area contributed by atoms with Crippen molar-refractivity contribution in [2.45, 2.75) is 24.4 Å². The van der Waals surface area contributed by atoms with Crippen LogP contribution in [0.15, 0.2) is 35.5 Å². The van der Waals surface area contributed by atoms with Gasteiger partial charge in [-0.05, 0) is 31.7 Å². The Morgan fingerprint density at radius 2 is 2.00 bits per heavy atom. The van der Waals surface area contributed by atoms with Crippen molar-refractivity contribution in [3.63, 3.8) is 0 Å². The lowest BCUT2D eigenvalue weighted by molar-refractivity contribution is 0.457. The van der Waals surface area contributed by atoms with E-state index in [0.29, 0.717) is 5.82 Å². The van der Waals surface area contributed by atoms with Crippen LogP contribution in [0.2, 0.25) is 0 Å². The number of nitrogens with zero attached hydrogens (tertiary/aromatic N) is 3. The zero-order valence-electron chi connectivity index (χ0n) is 12.2. The standard InChI is InChI=1S/C13H19N5O2S/c1-10(14-2)11-4-6-12(7-5-11)21(19,20)18(3)8-13-15-9-16-17-13/h4-7,9-10,14H,8H2,1-3H3,(H,15,16,17). The molecule has 8 heteroatoms. The third kappa shape index (κ3) is 3.46. The smallest absolute Gasteiger partial charge is 0.243 e. The summed E-state index contributed by atoms with van der Waals surface area (Å²) in [6, 6.07) is 7.05. The molecule has 0 saturated heterocycles. The van der Waals surface area contributed by atoms with Crippen LogP contribution in [0, 0.1) is 0 Å². The van der Waals surface area contributed by atoms with Gasteiger partial charge in [-0.1, -0.05) is 12.1 Å². The first-order chi connectivity index (χ1) is 9.95. The number of benzene rings is 1. The van der Waals surface area contributed by atoms with Gasteiger partial charge in [-0.2, -0.15) is 9.40 Å². The number of aromatic amines is 1. The van der Waals surface area contributed by atoms with Crippen LogP contribution in [0.5, 0.6) is 0 Å². The molecule has 0 bridgehead atoms. The Hall–Kier alpha value is -1.77. The van der Waals surface area contributed by atoms with E-state index < -0.39 is 10.0 Å². The fourth-order valence-corrected chi connectivity index (χ4v) is 3.01. The molecule has 0 saturated carbocycles. The third-order valence-corrected chi connectivity index (χ3v) is 5.18. The molecular weight excluding hydrogens is 290 g/mol. The average Bonchev–Trinajstić information content (AvgIpc) is 2.99. The molecule has 2 aromatic rings. The summed E-state index contributed by atoms with van der Waals surface area (Å²) in [5.74, 6) is 0.501. The third-order valence-electron chi connectivity index (χ3n) is 3.36. The fourth-order valence-electron chi connectivity index (χ4n) is 1.88. The molecule has 1 aromatic heterocycles. The lowest BCUT2D eigenvalue weighted by atomic mass is 10.1. The van der Waals surface area contributed by atoms with Crippen molar-refractivity contribution < 1.29 is 8.42 Å². The Balaban J connectivity index is 2.18. The number of aromatic nitrogens is 3. The van der Waals surface area contributed by atoms with Crippen LogP contribution < -0.4 is 5.32 Å². The molecule has 21 heavy (non-hydrogen) atoms. The number of sulfonamides is 1. The molecule has 0 aliphatic heterocycles. The molecule has 7 nitrogen and oxygen atoms in total. The normalized spacial score (nSPS) is 13.5. The highest BCUT2D eigenvalue weighted by Gasteiger charge is 2.21. The van der Waals surface area contributed by atoms with E-state index in [4.69, 9.17) is 0 Å². The second-order valence-corrected chi connectivity index (χ2v) is 6.82. The number of nitrogens with one attached hydrogen (secondary N) is 2. The molecule has 1 aromatic carbocycles. The molecule has 0 amide bonds. The highest BCUT2D eigenvalue weighted by atomic mass is 32.2. The Bertz CT molecular complexity index is 667. The van der Waals surface area contributed by atoms with Crippen LogP contribution in [0.1, 0.15) is 24.4 Å². The maximum atomic E-state index is 12.5. The Labute approximate surface area is 124 Å². The second kappa shape index (κ2) is 6.33.